The smallest absolute Gasteiger partial charge is 0.338 e. The van der Waals surface area contributed by atoms with Gasteiger partial charge in [-0.25, -0.2) is 9.79 Å². The second-order valence-corrected chi connectivity index (χ2v) is 8.64. The van der Waals surface area contributed by atoms with E-state index in [1.54, 1.807) is 18.4 Å². The van der Waals surface area contributed by atoms with E-state index in [0.717, 1.165) is 23.3 Å². The first kappa shape index (κ1) is 22.7. The highest BCUT2D eigenvalue weighted by atomic mass is 32.1. The van der Waals surface area contributed by atoms with E-state index in [-0.39, 0.29) is 12.2 Å². The van der Waals surface area contributed by atoms with Gasteiger partial charge in [0.15, 0.2) is 4.80 Å². The summed E-state index contributed by atoms with van der Waals surface area (Å²) in [6.45, 7) is 6.53. The van der Waals surface area contributed by atoms with Crippen molar-refractivity contribution in [3.8, 4) is 5.75 Å². The molecule has 0 aliphatic carbocycles. The van der Waals surface area contributed by atoms with Crippen molar-refractivity contribution < 1.29 is 14.3 Å². The van der Waals surface area contributed by atoms with Crippen molar-refractivity contribution in [3.05, 3.63) is 96.7 Å². The van der Waals surface area contributed by atoms with Crippen LogP contribution in [-0.4, -0.2) is 23.8 Å². The molecule has 0 N–H and O–H groups in total. The van der Waals surface area contributed by atoms with Crippen LogP contribution >= 0.6 is 11.3 Å². The van der Waals surface area contributed by atoms with Crippen LogP contribution in [0.25, 0.3) is 6.08 Å². The maximum atomic E-state index is 13.5. The van der Waals surface area contributed by atoms with E-state index in [1.807, 2.05) is 60.7 Å². The van der Waals surface area contributed by atoms with Crippen LogP contribution < -0.4 is 19.6 Å². The summed E-state index contributed by atoms with van der Waals surface area (Å²) in [5.41, 5.74) is 2.49. The average Bonchev–Trinajstić information content (AvgIpc) is 3.12. The fraction of sp³-hybridized carbons (Fsp3) is 0.269. The van der Waals surface area contributed by atoms with Gasteiger partial charge in [-0.2, -0.15) is 0 Å². The number of hydrogen-bond donors (Lipinski definition) is 0. The van der Waals surface area contributed by atoms with Gasteiger partial charge in [0.05, 0.1) is 35.1 Å². The minimum Gasteiger partial charge on any atom is -0.494 e. The fourth-order valence-electron chi connectivity index (χ4n) is 3.77. The molecular weight excluding hydrogens is 436 g/mol. The highest BCUT2D eigenvalue weighted by Gasteiger charge is 2.33. The SMILES string of the molecule is CCCOc1ccc(/C=c2\sc3n(c2=O)[C@@H](c2ccccc2)C(C(=O)OCC)=C(C)N=3)cc1. The fourth-order valence-corrected chi connectivity index (χ4v) is 4.82. The molecule has 0 amide bonds. The number of rotatable bonds is 7. The van der Waals surface area contributed by atoms with Crippen LogP contribution in [0.3, 0.4) is 0 Å². The van der Waals surface area contributed by atoms with Gasteiger partial charge in [-0.15, -0.1) is 0 Å². The van der Waals surface area contributed by atoms with Crippen LogP contribution in [0.2, 0.25) is 0 Å². The molecule has 4 rings (SSSR count). The molecule has 6 nitrogen and oxygen atoms in total. The van der Waals surface area contributed by atoms with E-state index in [4.69, 9.17) is 9.47 Å². The number of thiazole rings is 1. The Morgan fingerprint density at radius 2 is 1.85 bits per heavy atom. The third kappa shape index (κ3) is 4.68. The van der Waals surface area contributed by atoms with Gasteiger partial charge < -0.3 is 9.47 Å². The molecule has 1 aliphatic heterocycles. The Bertz CT molecular complexity index is 1350. The molecule has 2 aromatic carbocycles. The maximum absolute atomic E-state index is 13.5. The van der Waals surface area contributed by atoms with Crippen LogP contribution in [-0.2, 0) is 9.53 Å². The van der Waals surface area contributed by atoms with Crippen molar-refractivity contribution in [1.82, 2.24) is 4.57 Å². The van der Waals surface area contributed by atoms with Gasteiger partial charge >= 0.3 is 5.97 Å². The van der Waals surface area contributed by atoms with Gasteiger partial charge in [-0.3, -0.25) is 9.36 Å². The Labute approximate surface area is 196 Å². The monoisotopic (exact) mass is 462 g/mol. The molecule has 0 unspecified atom stereocenters. The minimum atomic E-state index is -0.589. The second-order valence-electron chi connectivity index (χ2n) is 7.63. The number of ether oxygens (including phenoxy) is 2. The Hall–Kier alpha value is -3.45. The van der Waals surface area contributed by atoms with E-state index >= 15 is 0 Å². The Morgan fingerprint density at radius 3 is 2.52 bits per heavy atom. The highest BCUT2D eigenvalue weighted by molar-refractivity contribution is 7.07. The van der Waals surface area contributed by atoms with Crippen molar-refractivity contribution >= 4 is 23.4 Å². The number of allylic oxidation sites excluding steroid dienone is 1. The van der Waals surface area contributed by atoms with Crippen molar-refractivity contribution in [2.24, 2.45) is 4.99 Å². The average molecular weight is 463 g/mol. The Morgan fingerprint density at radius 1 is 1.12 bits per heavy atom. The zero-order chi connectivity index (χ0) is 23.4. The molecule has 1 aliphatic rings. The lowest BCUT2D eigenvalue weighted by molar-refractivity contribution is -0.139. The van der Waals surface area contributed by atoms with E-state index in [0.29, 0.717) is 27.2 Å². The Balaban J connectivity index is 1.83. The quantitative estimate of drug-likeness (QED) is 0.503. The number of hydrogen-bond acceptors (Lipinski definition) is 6. The summed E-state index contributed by atoms with van der Waals surface area (Å²) in [5.74, 6) is 0.346. The molecule has 0 bridgehead atoms. The van der Waals surface area contributed by atoms with Crippen molar-refractivity contribution in [2.75, 3.05) is 13.2 Å². The first-order valence-corrected chi connectivity index (χ1v) is 11.8. The summed E-state index contributed by atoms with van der Waals surface area (Å²) in [6.07, 6.45) is 2.79. The molecule has 0 saturated carbocycles. The van der Waals surface area contributed by atoms with Crippen molar-refractivity contribution in [3.63, 3.8) is 0 Å². The van der Waals surface area contributed by atoms with Gasteiger partial charge in [0.2, 0.25) is 0 Å². The van der Waals surface area contributed by atoms with Gasteiger partial charge in [0.25, 0.3) is 5.56 Å². The number of nitrogens with zero attached hydrogens (tertiary/aromatic N) is 2. The number of carbonyl (C=O) groups excluding carboxylic acids is 1. The highest BCUT2D eigenvalue weighted by Crippen LogP contribution is 2.30. The molecule has 1 atom stereocenters. The number of aromatic nitrogens is 1. The van der Waals surface area contributed by atoms with Crippen molar-refractivity contribution in [2.45, 2.75) is 33.2 Å². The molecule has 7 heteroatoms. The second kappa shape index (κ2) is 10.0. The first-order chi connectivity index (χ1) is 16.0. The predicted molar refractivity (Wildman–Crippen MR) is 129 cm³/mol. The maximum Gasteiger partial charge on any atom is 0.338 e. The van der Waals surface area contributed by atoms with Crippen LogP contribution in [0.4, 0.5) is 0 Å². The summed E-state index contributed by atoms with van der Waals surface area (Å²) >= 11 is 1.31. The van der Waals surface area contributed by atoms with Crippen LogP contribution in [0.15, 0.2) is 75.7 Å². The standard InChI is InChI=1S/C26H26N2O4S/c1-4-15-32-20-13-11-18(12-14-20)16-21-24(29)28-23(19-9-7-6-8-10-19)22(25(30)31-5-2)17(3)27-26(28)33-21/h6-14,16,23H,4-5,15H2,1-3H3/b21-16-/t23-/m0/s1. The van der Waals surface area contributed by atoms with Gasteiger partial charge in [-0.1, -0.05) is 60.7 Å². The first-order valence-electron chi connectivity index (χ1n) is 11.0. The van der Waals surface area contributed by atoms with Crippen LogP contribution in [0.1, 0.15) is 44.4 Å². The molecule has 1 aromatic heterocycles. The number of carbonyl (C=O) groups is 1. The summed E-state index contributed by atoms with van der Waals surface area (Å²) in [4.78, 5) is 31.5. The lowest BCUT2D eigenvalue weighted by Gasteiger charge is -2.24. The van der Waals surface area contributed by atoms with E-state index in [1.165, 1.54) is 11.3 Å². The third-order valence-corrected chi connectivity index (χ3v) is 6.27. The van der Waals surface area contributed by atoms with Gasteiger partial charge in [0.1, 0.15) is 5.75 Å². The molecular formula is C26H26N2O4S. The Kier molecular flexibility index (Phi) is 6.89. The largest absolute Gasteiger partial charge is 0.494 e. The molecule has 0 fully saturated rings. The van der Waals surface area contributed by atoms with Crippen LogP contribution in [0, 0.1) is 0 Å². The normalized spacial score (nSPS) is 15.7. The summed E-state index contributed by atoms with van der Waals surface area (Å²) in [7, 11) is 0. The molecule has 33 heavy (non-hydrogen) atoms. The lowest BCUT2D eigenvalue weighted by Crippen LogP contribution is -2.39. The molecule has 3 aromatic rings. The molecule has 170 valence electrons. The molecule has 0 radical (unpaired) electrons. The van der Waals surface area contributed by atoms with E-state index in [2.05, 4.69) is 11.9 Å². The summed E-state index contributed by atoms with van der Waals surface area (Å²) in [6, 6.07) is 16.6. The minimum absolute atomic E-state index is 0.187. The third-order valence-electron chi connectivity index (χ3n) is 5.28. The van der Waals surface area contributed by atoms with Crippen LogP contribution in [0.5, 0.6) is 5.75 Å². The summed E-state index contributed by atoms with van der Waals surface area (Å²) in [5, 5.41) is 0. The summed E-state index contributed by atoms with van der Waals surface area (Å²) < 4.78 is 13.1. The lowest BCUT2D eigenvalue weighted by atomic mass is 9.96. The van der Waals surface area contributed by atoms with Gasteiger partial charge in [0, 0.05) is 0 Å². The number of benzene rings is 2. The van der Waals surface area contributed by atoms with Crippen molar-refractivity contribution in [1.29, 1.82) is 0 Å². The molecule has 2 heterocycles. The molecule has 0 saturated heterocycles. The zero-order valence-electron chi connectivity index (χ0n) is 18.9. The topological polar surface area (TPSA) is 69.9 Å². The van der Waals surface area contributed by atoms with Gasteiger partial charge in [-0.05, 0) is 49.6 Å². The van der Waals surface area contributed by atoms with E-state index in [9.17, 15) is 9.59 Å². The number of esters is 1. The zero-order valence-corrected chi connectivity index (χ0v) is 19.7. The number of fused-ring (bicyclic) bond motifs is 1. The molecule has 0 spiro atoms. The predicted octanol–water partition coefficient (Wildman–Crippen LogP) is 3.59. The van der Waals surface area contributed by atoms with E-state index < -0.39 is 12.0 Å².